The standard InChI is InChI=1S/C47H66N2O6/c1-35(2)27-47(28-36(3)4)54-45(33-48(5,29-37-11-19-41(50-7)20-12-37)30-38-13-21-42(51-8)22-14-38)46(55-47)34-49(6,31-39-15-23-43(52-9)24-16-39)32-40-17-25-44(53-10)26-18-40/h11-26,35-36,45-46H,27-34H2,1-10H3/q+2/t45-,46-/m0/s1. The molecule has 8 nitrogen and oxygen atoms in total. The van der Waals surface area contributed by atoms with E-state index in [4.69, 9.17) is 28.4 Å². The maximum Gasteiger partial charge on any atom is 0.170 e. The number of quaternary nitrogens is 2. The average Bonchev–Trinajstić information content (AvgIpc) is 3.45. The summed E-state index contributed by atoms with van der Waals surface area (Å²) >= 11 is 0. The summed E-state index contributed by atoms with van der Waals surface area (Å²) in [6, 6.07) is 34.0. The minimum atomic E-state index is -0.659. The second kappa shape index (κ2) is 18.7. The lowest BCUT2D eigenvalue weighted by molar-refractivity contribution is -0.944. The summed E-state index contributed by atoms with van der Waals surface area (Å²) in [5, 5.41) is 0. The maximum atomic E-state index is 7.41. The van der Waals surface area contributed by atoms with Crippen molar-refractivity contribution in [3.8, 4) is 23.0 Å². The zero-order valence-electron chi connectivity index (χ0n) is 35.0. The van der Waals surface area contributed by atoms with Crippen LogP contribution in [0.2, 0.25) is 0 Å². The summed E-state index contributed by atoms with van der Waals surface area (Å²) in [6.45, 7) is 14.0. The fraction of sp³-hybridized carbons (Fsp3) is 0.489. The van der Waals surface area contributed by atoms with Crippen LogP contribution in [0.4, 0.5) is 0 Å². The highest BCUT2D eigenvalue weighted by Crippen LogP contribution is 2.41. The highest BCUT2D eigenvalue weighted by atomic mass is 16.8. The molecule has 1 saturated heterocycles. The first-order valence-electron chi connectivity index (χ1n) is 19.8. The van der Waals surface area contributed by atoms with E-state index in [2.05, 4.69) is 139 Å². The van der Waals surface area contributed by atoms with E-state index >= 15 is 0 Å². The molecule has 55 heavy (non-hydrogen) atoms. The summed E-state index contributed by atoms with van der Waals surface area (Å²) in [5.41, 5.74) is 5.01. The molecular weight excluding hydrogens is 689 g/mol. The molecule has 0 radical (unpaired) electrons. The van der Waals surface area contributed by atoms with Crippen LogP contribution in [-0.2, 0) is 35.7 Å². The molecule has 4 aromatic carbocycles. The van der Waals surface area contributed by atoms with Crippen LogP contribution in [0.5, 0.6) is 23.0 Å². The molecule has 0 unspecified atom stereocenters. The Balaban J connectivity index is 1.54. The zero-order chi connectivity index (χ0) is 39.6. The van der Waals surface area contributed by atoms with Crippen molar-refractivity contribution in [2.75, 3.05) is 55.6 Å². The lowest BCUT2D eigenvalue weighted by atomic mass is 9.94. The summed E-state index contributed by atoms with van der Waals surface area (Å²) in [5.74, 6) is 3.61. The van der Waals surface area contributed by atoms with Gasteiger partial charge in [-0.1, -0.05) is 27.7 Å². The van der Waals surface area contributed by atoms with Crippen LogP contribution in [0.3, 0.4) is 0 Å². The number of ether oxygens (including phenoxy) is 6. The van der Waals surface area contributed by atoms with Crippen LogP contribution in [0.1, 0.15) is 62.8 Å². The van der Waals surface area contributed by atoms with Gasteiger partial charge in [0.15, 0.2) is 5.79 Å². The number of benzene rings is 4. The third kappa shape index (κ3) is 12.0. The van der Waals surface area contributed by atoms with Crippen molar-refractivity contribution in [2.45, 2.75) is 84.7 Å². The van der Waals surface area contributed by atoms with Gasteiger partial charge in [-0.05, 0) is 109 Å². The SMILES string of the molecule is COc1ccc(C[N+](C)(Cc2ccc(OC)cc2)C[C@@H]2OC(CC(C)C)(CC(C)C)O[C@H]2C[N+](C)(Cc2ccc(OC)cc2)Cc2ccc(OC)cc2)cc1. The third-order valence-electron chi connectivity index (χ3n) is 10.7. The molecule has 5 rings (SSSR count). The minimum absolute atomic E-state index is 0.136. The quantitative estimate of drug-likeness (QED) is 0.0839. The molecule has 298 valence electrons. The summed E-state index contributed by atoms with van der Waals surface area (Å²) < 4.78 is 38.4. The Bertz CT molecular complexity index is 1510. The number of hydrogen-bond acceptors (Lipinski definition) is 6. The number of methoxy groups -OCH3 is 4. The Kier molecular flexibility index (Phi) is 14.3. The molecular formula is C47H66N2O6+2. The largest absolute Gasteiger partial charge is 0.497 e. The van der Waals surface area contributed by atoms with Gasteiger partial charge in [0.25, 0.3) is 0 Å². The van der Waals surface area contributed by atoms with Crippen LogP contribution in [-0.4, -0.2) is 82.6 Å². The van der Waals surface area contributed by atoms with Crippen molar-refractivity contribution in [3.63, 3.8) is 0 Å². The molecule has 0 saturated carbocycles. The molecule has 0 bridgehead atoms. The monoisotopic (exact) mass is 754 g/mol. The van der Waals surface area contributed by atoms with Crippen molar-refractivity contribution >= 4 is 0 Å². The van der Waals surface area contributed by atoms with Gasteiger partial charge in [-0.15, -0.1) is 0 Å². The van der Waals surface area contributed by atoms with E-state index in [1.165, 1.54) is 22.3 Å². The van der Waals surface area contributed by atoms with Crippen LogP contribution >= 0.6 is 0 Å². The number of hydrogen-bond donors (Lipinski definition) is 0. The fourth-order valence-corrected chi connectivity index (χ4v) is 8.49. The van der Waals surface area contributed by atoms with Gasteiger partial charge in [0.05, 0.1) is 42.5 Å². The van der Waals surface area contributed by atoms with Crippen LogP contribution in [0.25, 0.3) is 0 Å². The molecule has 0 aliphatic carbocycles. The summed E-state index contributed by atoms with van der Waals surface area (Å²) in [4.78, 5) is 0. The van der Waals surface area contributed by atoms with Gasteiger partial charge in [-0.2, -0.15) is 0 Å². The Morgan fingerprint density at radius 1 is 0.455 bits per heavy atom. The second-order valence-corrected chi connectivity index (χ2v) is 17.0. The topological polar surface area (TPSA) is 55.4 Å². The lowest BCUT2D eigenvalue weighted by Gasteiger charge is -2.40. The van der Waals surface area contributed by atoms with Crippen molar-refractivity contribution in [1.29, 1.82) is 0 Å². The Morgan fingerprint density at radius 2 is 0.691 bits per heavy atom. The summed E-state index contributed by atoms with van der Waals surface area (Å²) in [6.07, 6.45) is 1.42. The average molecular weight is 755 g/mol. The van der Waals surface area contributed by atoms with Gasteiger partial charge in [0, 0.05) is 35.1 Å². The zero-order valence-corrected chi connectivity index (χ0v) is 35.0. The molecule has 0 N–H and O–H groups in total. The van der Waals surface area contributed by atoms with E-state index in [0.717, 1.165) is 84.1 Å². The molecule has 4 aromatic rings. The van der Waals surface area contributed by atoms with Crippen molar-refractivity contribution in [1.82, 2.24) is 0 Å². The molecule has 1 fully saturated rings. The van der Waals surface area contributed by atoms with Crippen molar-refractivity contribution in [2.24, 2.45) is 11.8 Å². The summed E-state index contributed by atoms with van der Waals surface area (Å²) in [7, 11) is 11.6. The molecule has 2 atom stereocenters. The minimum Gasteiger partial charge on any atom is -0.497 e. The highest BCUT2D eigenvalue weighted by Gasteiger charge is 2.52. The van der Waals surface area contributed by atoms with E-state index in [9.17, 15) is 0 Å². The molecule has 0 spiro atoms. The third-order valence-corrected chi connectivity index (χ3v) is 10.7. The Hall–Kier alpha value is -4.08. The van der Waals surface area contributed by atoms with Gasteiger partial charge in [0.1, 0.15) is 74.5 Å². The smallest absolute Gasteiger partial charge is 0.170 e. The Labute approximate surface area is 331 Å². The molecule has 0 amide bonds. The Morgan fingerprint density at radius 3 is 0.891 bits per heavy atom. The van der Waals surface area contributed by atoms with Gasteiger partial charge in [-0.3, -0.25) is 0 Å². The van der Waals surface area contributed by atoms with Gasteiger partial charge >= 0.3 is 0 Å². The number of likely N-dealkylation sites (N-methyl/N-ethyl adjacent to an activating group) is 2. The van der Waals surface area contributed by atoms with Crippen molar-refractivity contribution < 1.29 is 37.4 Å². The molecule has 1 heterocycles. The number of nitrogens with zero attached hydrogens (tertiary/aromatic N) is 2. The van der Waals surface area contributed by atoms with E-state index in [0.29, 0.717) is 11.8 Å². The molecule has 1 aliphatic heterocycles. The van der Waals surface area contributed by atoms with E-state index < -0.39 is 5.79 Å². The van der Waals surface area contributed by atoms with E-state index in [1.54, 1.807) is 28.4 Å². The van der Waals surface area contributed by atoms with Crippen LogP contribution in [0.15, 0.2) is 97.1 Å². The van der Waals surface area contributed by atoms with Crippen LogP contribution < -0.4 is 18.9 Å². The fourth-order valence-electron chi connectivity index (χ4n) is 8.49. The van der Waals surface area contributed by atoms with Gasteiger partial charge in [0.2, 0.25) is 0 Å². The van der Waals surface area contributed by atoms with E-state index in [1.807, 2.05) is 0 Å². The normalized spacial score (nSPS) is 17.1. The first kappa shape index (κ1) is 42.1. The predicted molar refractivity (Wildman–Crippen MR) is 220 cm³/mol. The first-order valence-corrected chi connectivity index (χ1v) is 19.8. The van der Waals surface area contributed by atoms with Gasteiger partial charge in [-0.25, -0.2) is 0 Å². The van der Waals surface area contributed by atoms with E-state index in [-0.39, 0.29) is 12.2 Å². The molecule has 1 aliphatic rings. The maximum absolute atomic E-state index is 7.41. The number of rotatable bonds is 20. The van der Waals surface area contributed by atoms with Crippen LogP contribution in [0, 0.1) is 11.8 Å². The van der Waals surface area contributed by atoms with Crippen molar-refractivity contribution in [3.05, 3.63) is 119 Å². The lowest BCUT2D eigenvalue weighted by Crippen LogP contribution is -2.54. The van der Waals surface area contributed by atoms with Gasteiger partial charge < -0.3 is 37.4 Å². The molecule has 0 aromatic heterocycles. The second-order valence-electron chi connectivity index (χ2n) is 17.0. The first-order chi connectivity index (χ1) is 26.3. The molecule has 8 heteroatoms. The predicted octanol–water partition coefficient (Wildman–Crippen LogP) is 9.29. The highest BCUT2D eigenvalue weighted by molar-refractivity contribution is 5.29.